The van der Waals surface area contributed by atoms with Gasteiger partial charge in [-0.2, -0.15) is 0 Å². The van der Waals surface area contributed by atoms with Crippen LogP contribution in [0.2, 0.25) is 0 Å². The molecule has 1 aliphatic rings. The van der Waals surface area contributed by atoms with Gasteiger partial charge in [0.1, 0.15) is 30.2 Å². The van der Waals surface area contributed by atoms with E-state index in [-0.39, 0.29) is 107 Å². The second-order valence-electron chi connectivity index (χ2n) is 15.0. The van der Waals surface area contributed by atoms with Gasteiger partial charge in [-0.1, -0.05) is 27.7 Å². The number of nitrogens with one attached hydrogen (secondary N) is 4. The molecule has 1 aliphatic heterocycles. The standard InChI is InChI=1S/C35H67N15O7/c1-19(2)17-21(36)27(51)49-25(18-20(3)4)29(53)47-23(10-6-14-44-34(39)40)31(55)50-16-8-12-26(50)30(54)46-22(9-5-13-43-33(37)38)28(52)48-24(32(56)57)11-7-15-45-35(41)42/h19-26H,5-18,36H2,1-4H3,(H,46,54)(H,47,53)(H,48,52)(H,49,51)(H,56,57)(H4,37,38,43)(H4,39,40,44)(H4,41,42,45)/t21-,22-,23-,24-,25-,26-/m0/s1. The number of likely N-dealkylation sites (tertiary alicyclic amines) is 1. The monoisotopic (exact) mass is 810 g/mol. The lowest BCUT2D eigenvalue weighted by atomic mass is 10.00. The molecule has 0 aliphatic carbocycles. The number of hydrogen-bond acceptors (Lipinski definition) is 10. The number of aliphatic carboxylic acids is 1. The highest BCUT2D eigenvalue weighted by molar-refractivity contribution is 5.96. The summed E-state index contributed by atoms with van der Waals surface area (Å²) in [6.07, 6.45) is 2.26. The van der Waals surface area contributed by atoms with Gasteiger partial charge in [-0.25, -0.2) is 4.79 Å². The number of amides is 5. The number of carbonyl (C=O) groups is 6. The Morgan fingerprint density at radius 1 is 0.632 bits per heavy atom. The molecule has 5 amide bonds. The minimum Gasteiger partial charge on any atom is -0.480 e. The molecule has 1 rings (SSSR count). The molecule has 22 nitrogen and oxygen atoms in total. The van der Waals surface area contributed by atoms with Gasteiger partial charge < -0.3 is 71.4 Å². The van der Waals surface area contributed by atoms with Crippen molar-refractivity contribution in [1.29, 1.82) is 0 Å². The van der Waals surface area contributed by atoms with Crippen molar-refractivity contribution in [3.05, 3.63) is 0 Å². The highest BCUT2D eigenvalue weighted by atomic mass is 16.4. The van der Waals surface area contributed by atoms with E-state index in [0.717, 1.165) is 0 Å². The van der Waals surface area contributed by atoms with Crippen LogP contribution in [0.1, 0.15) is 91.9 Å². The summed E-state index contributed by atoms with van der Waals surface area (Å²) in [5, 5.41) is 20.5. The molecular weight excluding hydrogens is 742 g/mol. The van der Waals surface area contributed by atoms with Gasteiger partial charge in [0.2, 0.25) is 29.5 Å². The summed E-state index contributed by atoms with van der Waals surface area (Å²) in [4.78, 5) is 93.4. The maximum Gasteiger partial charge on any atom is 0.326 e. The average Bonchev–Trinajstić information content (AvgIpc) is 3.60. The molecule has 0 saturated carbocycles. The van der Waals surface area contributed by atoms with E-state index in [4.69, 9.17) is 40.1 Å². The Balaban J connectivity index is 3.32. The fraction of sp³-hybridized carbons (Fsp3) is 0.743. The first-order valence-corrected chi connectivity index (χ1v) is 19.4. The van der Waals surface area contributed by atoms with Gasteiger partial charge in [0.25, 0.3) is 0 Å². The SMILES string of the molecule is CC(C)C[C@H](NC(=O)[C@@H](N)CC(C)C)C(=O)N[C@@H](CCCN=C(N)N)C(=O)N1CCC[C@H]1C(=O)N[C@@H](CCCN=C(N)N)C(=O)N[C@@H](CCCN=C(N)N)C(=O)O. The molecule has 0 spiro atoms. The van der Waals surface area contributed by atoms with E-state index in [9.17, 15) is 33.9 Å². The molecule has 0 aromatic rings. The molecule has 0 aromatic heterocycles. The van der Waals surface area contributed by atoms with Crippen molar-refractivity contribution in [2.24, 2.45) is 66.9 Å². The lowest BCUT2D eigenvalue weighted by Gasteiger charge is -2.31. The first kappa shape index (κ1) is 49.6. The third kappa shape index (κ3) is 19.8. The zero-order valence-corrected chi connectivity index (χ0v) is 33.7. The fourth-order valence-corrected chi connectivity index (χ4v) is 6.21. The van der Waals surface area contributed by atoms with E-state index in [1.165, 1.54) is 4.90 Å². The molecule has 1 heterocycles. The Morgan fingerprint density at radius 3 is 1.54 bits per heavy atom. The van der Waals surface area contributed by atoms with Crippen molar-refractivity contribution in [3.8, 4) is 0 Å². The predicted molar refractivity (Wildman–Crippen MR) is 217 cm³/mol. The minimum absolute atomic E-state index is 0.000171. The number of carboxylic acid groups (broad SMARTS) is 1. The molecule has 0 aromatic carbocycles. The summed E-state index contributed by atoms with van der Waals surface area (Å²) < 4.78 is 0. The molecular formula is C35H67N15O7. The topological polar surface area (TPSA) is 393 Å². The Kier molecular flexibility index (Phi) is 22.4. The number of aliphatic imine (C=N–C) groups is 3. The molecule has 0 radical (unpaired) electrons. The zero-order valence-electron chi connectivity index (χ0n) is 33.7. The van der Waals surface area contributed by atoms with E-state index >= 15 is 0 Å². The van der Waals surface area contributed by atoms with Crippen molar-refractivity contribution in [1.82, 2.24) is 26.2 Å². The zero-order chi connectivity index (χ0) is 43.2. The third-order valence-electron chi connectivity index (χ3n) is 8.94. The van der Waals surface area contributed by atoms with Gasteiger partial charge >= 0.3 is 5.97 Å². The molecule has 1 saturated heterocycles. The van der Waals surface area contributed by atoms with E-state index in [2.05, 4.69) is 36.2 Å². The summed E-state index contributed by atoms with van der Waals surface area (Å²) >= 11 is 0. The van der Waals surface area contributed by atoms with Crippen LogP contribution in [-0.2, 0) is 28.8 Å². The van der Waals surface area contributed by atoms with Gasteiger partial charge in [0.05, 0.1) is 6.04 Å². The van der Waals surface area contributed by atoms with Gasteiger partial charge in [-0.15, -0.1) is 0 Å². The Labute approximate surface area is 334 Å². The Hall–Kier alpha value is -5.41. The molecule has 324 valence electrons. The lowest BCUT2D eigenvalue weighted by Crippen LogP contribution is -2.59. The number of nitrogens with two attached hydrogens (primary N) is 7. The highest BCUT2D eigenvalue weighted by Crippen LogP contribution is 2.21. The van der Waals surface area contributed by atoms with Gasteiger partial charge in [0, 0.05) is 26.2 Å². The van der Waals surface area contributed by atoms with Crippen molar-refractivity contribution in [2.75, 3.05) is 26.2 Å². The van der Waals surface area contributed by atoms with Crippen LogP contribution in [-0.4, -0.2) is 126 Å². The maximum absolute atomic E-state index is 14.2. The maximum atomic E-state index is 14.2. The van der Waals surface area contributed by atoms with Crippen LogP contribution in [0.25, 0.3) is 0 Å². The van der Waals surface area contributed by atoms with Crippen LogP contribution in [0.15, 0.2) is 15.0 Å². The van der Waals surface area contributed by atoms with Gasteiger partial charge in [0.15, 0.2) is 17.9 Å². The van der Waals surface area contributed by atoms with Gasteiger partial charge in [-0.3, -0.25) is 38.9 Å². The van der Waals surface area contributed by atoms with Crippen LogP contribution in [0.5, 0.6) is 0 Å². The average molecular weight is 810 g/mol. The van der Waals surface area contributed by atoms with E-state index in [0.29, 0.717) is 12.8 Å². The van der Waals surface area contributed by atoms with E-state index in [1.54, 1.807) is 0 Å². The molecule has 19 N–H and O–H groups in total. The van der Waals surface area contributed by atoms with Crippen molar-refractivity contribution < 1.29 is 33.9 Å². The Morgan fingerprint density at radius 2 is 1.07 bits per heavy atom. The largest absolute Gasteiger partial charge is 0.480 e. The van der Waals surface area contributed by atoms with Crippen LogP contribution in [0.3, 0.4) is 0 Å². The second kappa shape index (κ2) is 25.7. The number of carboxylic acids is 1. The smallest absolute Gasteiger partial charge is 0.326 e. The molecule has 6 atom stereocenters. The van der Waals surface area contributed by atoms with Gasteiger partial charge in [-0.05, 0) is 76.0 Å². The minimum atomic E-state index is -1.31. The summed E-state index contributed by atoms with van der Waals surface area (Å²) in [5.74, 6) is -4.71. The van der Waals surface area contributed by atoms with Crippen LogP contribution < -0.4 is 61.4 Å². The molecule has 22 heteroatoms. The summed E-state index contributed by atoms with van der Waals surface area (Å²) in [6.45, 7) is 8.22. The highest BCUT2D eigenvalue weighted by Gasteiger charge is 2.40. The molecule has 57 heavy (non-hydrogen) atoms. The number of carbonyl (C=O) groups excluding carboxylic acids is 5. The van der Waals surface area contributed by atoms with Crippen LogP contribution >= 0.6 is 0 Å². The summed E-state index contributed by atoms with van der Waals surface area (Å²) in [6, 6.07) is -6.53. The van der Waals surface area contributed by atoms with Crippen molar-refractivity contribution in [3.63, 3.8) is 0 Å². The second-order valence-corrected chi connectivity index (χ2v) is 15.0. The first-order valence-electron chi connectivity index (χ1n) is 19.4. The summed E-state index contributed by atoms with van der Waals surface area (Å²) in [5.41, 5.74) is 38.6. The number of hydrogen-bond donors (Lipinski definition) is 12. The normalized spacial score (nSPS) is 16.3. The predicted octanol–water partition coefficient (Wildman–Crippen LogP) is -3.42. The lowest BCUT2D eigenvalue weighted by molar-refractivity contribution is -0.144. The molecule has 1 fully saturated rings. The number of rotatable bonds is 26. The van der Waals surface area contributed by atoms with Crippen LogP contribution in [0, 0.1) is 11.8 Å². The number of guanidine groups is 3. The summed E-state index contributed by atoms with van der Waals surface area (Å²) in [7, 11) is 0. The molecule has 0 bridgehead atoms. The van der Waals surface area contributed by atoms with Crippen molar-refractivity contribution >= 4 is 53.4 Å². The Bertz CT molecular complexity index is 1430. The fourth-order valence-electron chi connectivity index (χ4n) is 6.21. The number of nitrogens with zero attached hydrogens (tertiary/aromatic N) is 4. The quantitative estimate of drug-likeness (QED) is 0.0230. The van der Waals surface area contributed by atoms with E-state index < -0.39 is 71.8 Å². The van der Waals surface area contributed by atoms with Crippen molar-refractivity contribution in [2.45, 2.75) is 128 Å². The van der Waals surface area contributed by atoms with E-state index in [1.807, 2.05) is 27.7 Å². The first-order chi connectivity index (χ1) is 26.7. The molecule has 0 unspecified atom stereocenters. The third-order valence-corrected chi connectivity index (χ3v) is 8.94. The van der Waals surface area contributed by atoms with Crippen LogP contribution in [0.4, 0.5) is 0 Å².